The number of carbonyl (C=O) groups excluding carboxylic acids is 1. The van der Waals surface area contributed by atoms with Gasteiger partial charge in [-0.15, -0.1) is 0 Å². The van der Waals surface area contributed by atoms with Crippen LogP contribution in [0.1, 0.15) is 35.8 Å². The molecule has 0 bridgehead atoms. The number of carbonyl (C=O) groups is 2. The summed E-state index contributed by atoms with van der Waals surface area (Å²) >= 11 is 0. The molecule has 2 rings (SSSR count). The van der Waals surface area contributed by atoms with Crippen molar-refractivity contribution in [2.24, 2.45) is 0 Å². The highest BCUT2D eigenvalue weighted by Gasteiger charge is 2.05. The third kappa shape index (κ3) is 3.99. The van der Waals surface area contributed by atoms with Crippen molar-refractivity contribution < 1.29 is 14.7 Å². The molecule has 0 fully saturated rings. The maximum absolute atomic E-state index is 11.3. The van der Waals surface area contributed by atoms with Gasteiger partial charge in [0.05, 0.1) is 0 Å². The molecule has 1 heterocycles. The Morgan fingerprint density at radius 2 is 1.71 bits per heavy atom. The highest BCUT2D eigenvalue weighted by Crippen LogP contribution is 2.19. The van der Waals surface area contributed by atoms with E-state index in [9.17, 15) is 9.59 Å². The van der Waals surface area contributed by atoms with Gasteiger partial charge in [0.1, 0.15) is 11.5 Å². The molecule has 1 aromatic heterocycles. The number of hydrogen-bond donors (Lipinski definition) is 1. The predicted molar refractivity (Wildman–Crippen MR) is 80.3 cm³/mol. The highest BCUT2D eigenvalue weighted by molar-refractivity contribution is 5.85. The van der Waals surface area contributed by atoms with Gasteiger partial charge in [-0.2, -0.15) is 0 Å². The molecular weight excluding hydrogens is 266 g/mol. The molecule has 21 heavy (non-hydrogen) atoms. The van der Waals surface area contributed by atoms with Crippen LogP contribution in [0.2, 0.25) is 0 Å². The van der Waals surface area contributed by atoms with Crippen LogP contribution in [0.4, 0.5) is 0 Å². The van der Waals surface area contributed by atoms with Crippen LogP contribution >= 0.6 is 0 Å². The molecule has 1 aromatic carbocycles. The largest absolute Gasteiger partial charge is 0.477 e. The van der Waals surface area contributed by atoms with E-state index in [1.54, 1.807) is 12.3 Å². The van der Waals surface area contributed by atoms with Gasteiger partial charge >= 0.3 is 5.97 Å². The molecule has 0 aliphatic heterocycles. The predicted octanol–water partition coefficient (Wildman–Crippen LogP) is 3.36. The smallest absolute Gasteiger partial charge is 0.354 e. The summed E-state index contributed by atoms with van der Waals surface area (Å²) in [5.74, 6) is -0.759. The van der Waals surface area contributed by atoms with Crippen LogP contribution in [0.5, 0.6) is 0 Å². The van der Waals surface area contributed by atoms with Crippen molar-refractivity contribution in [3.8, 4) is 11.1 Å². The third-order valence-corrected chi connectivity index (χ3v) is 3.36. The summed E-state index contributed by atoms with van der Waals surface area (Å²) in [6, 6.07) is 11.1. The van der Waals surface area contributed by atoms with Crippen molar-refractivity contribution in [2.75, 3.05) is 0 Å². The van der Waals surface area contributed by atoms with Crippen LogP contribution in [-0.4, -0.2) is 21.8 Å². The van der Waals surface area contributed by atoms with Crippen LogP contribution in [-0.2, 0) is 11.2 Å². The number of benzene rings is 1. The van der Waals surface area contributed by atoms with Crippen LogP contribution in [0, 0.1) is 0 Å². The molecule has 0 saturated carbocycles. The number of hydrogen-bond acceptors (Lipinski definition) is 3. The van der Waals surface area contributed by atoms with Crippen molar-refractivity contribution in [3.05, 3.63) is 53.9 Å². The monoisotopic (exact) mass is 283 g/mol. The Hall–Kier alpha value is -2.49. The van der Waals surface area contributed by atoms with Gasteiger partial charge in [-0.1, -0.05) is 37.3 Å². The number of pyridine rings is 1. The molecule has 108 valence electrons. The average Bonchev–Trinajstić information content (AvgIpc) is 2.53. The minimum atomic E-state index is -1.03. The fourth-order valence-corrected chi connectivity index (χ4v) is 2.02. The van der Waals surface area contributed by atoms with Gasteiger partial charge in [0, 0.05) is 24.6 Å². The Morgan fingerprint density at radius 1 is 1.05 bits per heavy atom. The van der Waals surface area contributed by atoms with E-state index in [1.165, 1.54) is 6.07 Å². The first kappa shape index (κ1) is 14.9. The summed E-state index contributed by atoms with van der Waals surface area (Å²) in [7, 11) is 0. The molecular formula is C17H17NO3. The summed E-state index contributed by atoms with van der Waals surface area (Å²) in [6.45, 7) is 1.87. The van der Waals surface area contributed by atoms with Gasteiger partial charge in [-0.3, -0.25) is 4.79 Å². The molecule has 1 N–H and O–H groups in total. The van der Waals surface area contributed by atoms with Crippen molar-refractivity contribution in [2.45, 2.75) is 26.2 Å². The number of aromatic carboxylic acids is 1. The van der Waals surface area contributed by atoms with E-state index in [0.717, 1.165) is 23.1 Å². The van der Waals surface area contributed by atoms with E-state index in [0.29, 0.717) is 12.8 Å². The number of Topliss-reactive ketones (excluding diaryl/α,β-unsaturated/α-hetero) is 1. The van der Waals surface area contributed by atoms with Gasteiger partial charge in [0.15, 0.2) is 0 Å². The summed E-state index contributed by atoms with van der Waals surface area (Å²) < 4.78 is 0. The molecule has 0 aliphatic carbocycles. The second kappa shape index (κ2) is 6.79. The standard InChI is InChI=1S/C17H17NO3/c1-2-15(19)9-5-12-3-6-13(7-4-12)14-8-10-16(17(20)21)18-11-14/h3-4,6-8,10-11H,2,5,9H2,1H3,(H,20,21). The summed E-state index contributed by atoms with van der Waals surface area (Å²) in [5.41, 5.74) is 3.00. The van der Waals surface area contributed by atoms with Crippen molar-refractivity contribution in [3.63, 3.8) is 0 Å². The van der Waals surface area contributed by atoms with Crippen LogP contribution < -0.4 is 0 Å². The third-order valence-electron chi connectivity index (χ3n) is 3.36. The number of carboxylic acid groups (broad SMARTS) is 1. The maximum atomic E-state index is 11.3. The fourth-order valence-electron chi connectivity index (χ4n) is 2.02. The summed E-state index contributed by atoms with van der Waals surface area (Å²) in [4.78, 5) is 26.0. The first-order valence-electron chi connectivity index (χ1n) is 6.90. The zero-order valence-corrected chi connectivity index (χ0v) is 11.9. The molecule has 0 radical (unpaired) electrons. The Morgan fingerprint density at radius 3 is 2.24 bits per heavy atom. The number of ketones is 1. The van der Waals surface area contributed by atoms with Gasteiger partial charge in [-0.05, 0) is 23.6 Å². The van der Waals surface area contributed by atoms with Crippen molar-refractivity contribution in [1.82, 2.24) is 4.98 Å². The van der Waals surface area contributed by atoms with Crippen LogP contribution in [0.15, 0.2) is 42.6 Å². The van der Waals surface area contributed by atoms with E-state index in [2.05, 4.69) is 4.98 Å². The minimum Gasteiger partial charge on any atom is -0.477 e. The molecule has 4 heteroatoms. The molecule has 0 saturated heterocycles. The number of carboxylic acids is 1. The lowest BCUT2D eigenvalue weighted by Crippen LogP contribution is -1.99. The zero-order chi connectivity index (χ0) is 15.2. The Labute approximate surface area is 123 Å². The molecule has 4 nitrogen and oxygen atoms in total. The zero-order valence-electron chi connectivity index (χ0n) is 11.9. The quantitative estimate of drug-likeness (QED) is 0.882. The Bertz CT molecular complexity index is 630. The Balaban J connectivity index is 2.07. The molecule has 0 unspecified atom stereocenters. The second-order valence-corrected chi connectivity index (χ2v) is 4.83. The lowest BCUT2D eigenvalue weighted by atomic mass is 10.0. The van der Waals surface area contributed by atoms with E-state index in [4.69, 9.17) is 5.11 Å². The van der Waals surface area contributed by atoms with E-state index >= 15 is 0 Å². The lowest BCUT2D eigenvalue weighted by Gasteiger charge is -2.04. The first-order chi connectivity index (χ1) is 10.1. The average molecular weight is 283 g/mol. The van der Waals surface area contributed by atoms with Crippen LogP contribution in [0.25, 0.3) is 11.1 Å². The van der Waals surface area contributed by atoms with Gasteiger partial charge in [-0.25, -0.2) is 9.78 Å². The van der Waals surface area contributed by atoms with Gasteiger partial charge in [0.2, 0.25) is 0 Å². The summed E-state index contributed by atoms with van der Waals surface area (Å²) in [6.07, 6.45) is 3.46. The normalized spacial score (nSPS) is 10.3. The topological polar surface area (TPSA) is 67.3 Å². The number of nitrogens with zero attached hydrogens (tertiary/aromatic N) is 1. The first-order valence-corrected chi connectivity index (χ1v) is 6.90. The lowest BCUT2D eigenvalue weighted by molar-refractivity contribution is -0.118. The fraction of sp³-hybridized carbons (Fsp3) is 0.235. The maximum Gasteiger partial charge on any atom is 0.354 e. The van der Waals surface area contributed by atoms with Gasteiger partial charge in [0.25, 0.3) is 0 Å². The van der Waals surface area contributed by atoms with Crippen molar-refractivity contribution in [1.29, 1.82) is 0 Å². The minimum absolute atomic E-state index is 0.0356. The Kier molecular flexibility index (Phi) is 4.82. The van der Waals surface area contributed by atoms with Crippen LogP contribution in [0.3, 0.4) is 0 Å². The summed E-state index contributed by atoms with van der Waals surface area (Å²) in [5, 5.41) is 8.82. The molecule has 0 aliphatic rings. The number of aromatic nitrogens is 1. The molecule has 0 amide bonds. The van der Waals surface area contributed by atoms with E-state index < -0.39 is 5.97 Å². The van der Waals surface area contributed by atoms with E-state index in [-0.39, 0.29) is 11.5 Å². The number of rotatable bonds is 6. The molecule has 2 aromatic rings. The molecule has 0 atom stereocenters. The van der Waals surface area contributed by atoms with Crippen molar-refractivity contribution >= 4 is 11.8 Å². The number of aryl methyl sites for hydroxylation is 1. The SMILES string of the molecule is CCC(=O)CCc1ccc(-c2ccc(C(=O)O)nc2)cc1. The van der Waals surface area contributed by atoms with Gasteiger partial charge < -0.3 is 5.11 Å². The molecule has 0 spiro atoms. The second-order valence-electron chi connectivity index (χ2n) is 4.83. The van der Waals surface area contributed by atoms with E-state index in [1.807, 2.05) is 31.2 Å². The highest BCUT2D eigenvalue weighted by atomic mass is 16.4.